The number of amides is 3. The van der Waals surface area contributed by atoms with Crippen molar-refractivity contribution in [2.75, 3.05) is 31.4 Å². The minimum absolute atomic E-state index is 0.0904. The molecule has 13 nitrogen and oxygen atoms in total. The number of fused-ring (bicyclic) bond motifs is 5. The van der Waals surface area contributed by atoms with Gasteiger partial charge >= 0.3 is 12.1 Å². The number of ether oxygens (including phenoxy) is 3. The van der Waals surface area contributed by atoms with E-state index in [1.165, 1.54) is 28.6 Å². The summed E-state index contributed by atoms with van der Waals surface area (Å²) in [5.41, 5.74) is -0.696. The highest BCUT2D eigenvalue weighted by atomic mass is 35.5. The fraction of sp³-hybridized carbons (Fsp3) is 0.622. The topological polar surface area (TPSA) is 178 Å². The molecule has 0 spiro atoms. The standard InChI is InChI=1S/C37H52ClN3O10S/c1-20(2)52-19-31(45)40(7)23(5)34(46)50-29-15-30(44)41(8)27-14-24(13-25(17-42)32(27)38)12-21(3)10-9-11-26(18-43)37(48)16-28(49-35(47)39-37)22(4)33-36(29,6)51-33/h9-11,13-14,20,22-23,26,28-29,33,42-43,48H,12,15-19H2,1-8H3,(H,39,47)/b11-9+,21-10+/t22-,23+,26+,28?,29?,33+,36+,37+/m1/s1. The molecule has 8 atom stereocenters. The normalized spacial score (nSPS) is 31.8. The van der Waals surface area contributed by atoms with Gasteiger partial charge in [0, 0.05) is 32.4 Å². The van der Waals surface area contributed by atoms with Gasteiger partial charge in [-0.25, -0.2) is 9.59 Å². The fourth-order valence-electron chi connectivity index (χ4n) is 6.65. The van der Waals surface area contributed by atoms with Gasteiger partial charge in [-0.2, -0.15) is 0 Å². The van der Waals surface area contributed by atoms with Crippen LogP contribution in [0.5, 0.6) is 0 Å². The van der Waals surface area contributed by atoms with Crippen LogP contribution < -0.4 is 10.2 Å². The van der Waals surface area contributed by atoms with Gasteiger partial charge < -0.3 is 39.3 Å². The van der Waals surface area contributed by atoms with Crippen molar-refractivity contribution in [2.24, 2.45) is 11.8 Å². The summed E-state index contributed by atoms with van der Waals surface area (Å²) in [5, 5.41) is 35.0. The zero-order valence-corrected chi connectivity index (χ0v) is 32.6. The van der Waals surface area contributed by atoms with Gasteiger partial charge in [-0.3, -0.25) is 14.9 Å². The van der Waals surface area contributed by atoms with E-state index >= 15 is 0 Å². The van der Waals surface area contributed by atoms with Crippen LogP contribution in [-0.4, -0.2) is 111 Å². The van der Waals surface area contributed by atoms with Crippen molar-refractivity contribution in [1.29, 1.82) is 0 Å². The van der Waals surface area contributed by atoms with E-state index in [1.807, 2.05) is 20.8 Å². The van der Waals surface area contributed by atoms with Crippen LogP contribution >= 0.6 is 23.4 Å². The van der Waals surface area contributed by atoms with Crippen molar-refractivity contribution in [3.8, 4) is 0 Å². The molecule has 52 heavy (non-hydrogen) atoms. The molecule has 4 bridgehead atoms. The lowest BCUT2D eigenvalue weighted by atomic mass is 9.81. The van der Waals surface area contributed by atoms with Crippen molar-refractivity contribution in [2.45, 2.75) is 108 Å². The second-order valence-electron chi connectivity index (χ2n) is 14.5. The Morgan fingerprint density at radius 2 is 1.92 bits per heavy atom. The van der Waals surface area contributed by atoms with E-state index in [1.54, 1.807) is 58.2 Å². The third-order valence-electron chi connectivity index (χ3n) is 10.3. The Balaban J connectivity index is 1.75. The number of nitrogens with zero attached hydrogens (tertiary/aromatic N) is 2. The molecule has 3 aliphatic heterocycles. The number of esters is 1. The van der Waals surface area contributed by atoms with E-state index in [9.17, 15) is 34.5 Å². The molecular formula is C37H52ClN3O10S. The summed E-state index contributed by atoms with van der Waals surface area (Å²) in [6.45, 7) is 9.99. The lowest BCUT2D eigenvalue weighted by Crippen LogP contribution is -2.62. The molecule has 2 unspecified atom stereocenters. The Bertz CT molecular complexity index is 1590. The quantitative estimate of drug-likeness (QED) is 0.224. The Morgan fingerprint density at radius 1 is 1.23 bits per heavy atom. The molecule has 0 aliphatic carbocycles. The number of allylic oxidation sites excluding steroid dienone is 3. The lowest BCUT2D eigenvalue weighted by Gasteiger charge is -2.42. The predicted molar refractivity (Wildman–Crippen MR) is 198 cm³/mol. The summed E-state index contributed by atoms with van der Waals surface area (Å²) in [6, 6.07) is 2.52. The average molecular weight is 766 g/mol. The summed E-state index contributed by atoms with van der Waals surface area (Å²) in [4.78, 5) is 56.1. The number of halogens is 1. The Kier molecular flexibility index (Phi) is 13.5. The van der Waals surface area contributed by atoms with Crippen LogP contribution in [0.3, 0.4) is 0 Å². The van der Waals surface area contributed by atoms with Crippen LogP contribution in [0, 0.1) is 11.8 Å². The van der Waals surface area contributed by atoms with E-state index in [0.29, 0.717) is 17.7 Å². The largest absolute Gasteiger partial charge is 0.457 e. The smallest absolute Gasteiger partial charge is 0.409 e. The van der Waals surface area contributed by atoms with Crippen LogP contribution in [0.15, 0.2) is 35.9 Å². The first-order valence-corrected chi connectivity index (χ1v) is 18.9. The van der Waals surface area contributed by atoms with Gasteiger partial charge in [-0.1, -0.05) is 62.2 Å². The first-order chi connectivity index (χ1) is 24.3. The highest BCUT2D eigenvalue weighted by Gasteiger charge is 2.64. The number of aliphatic hydroxyl groups excluding tert-OH is 2. The van der Waals surface area contributed by atoms with Crippen molar-refractivity contribution < 1.29 is 48.7 Å². The number of rotatable bonds is 8. The number of anilines is 1. The Labute approximate surface area is 314 Å². The molecule has 0 radical (unpaired) electrons. The maximum absolute atomic E-state index is 14.1. The van der Waals surface area contributed by atoms with Gasteiger partial charge in [0.15, 0.2) is 5.72 Å². The maximum atomic E-state index is 14.1. The van der Waals surface area contributed by atoms with E-state index in [0.717, 1.165) is 11.1 Å². The van der Waals surface area contributed by atoms with Crippen LogP contribution in [0.1, 0.15) is 65.5 Å². The molecule has 2 saturated heterocycles. The van der Waals surface area contributed by atoms with Crippen LogP contribution in [-0.2, 0) is 41.6 Å². The van der Waals surface area contributed by atoms with Gasteiger partial charge in [0.1, 0.15) is 23.9 Å². The average Bonchev–Trinajstić information content (AvgIpc) is 3.79. The SMILES string of the molecule is C/C1=C\C=C\[C@@H](CO)[C@@]2(O)CC(OC(=O)N2)[C@@H](C)[C@@H]2O[C@@]2(C)C(OC(=O)[C@H](C)N(C)C(=O)CSC(C)C)CC(=O)N(C)c2cc(cc(CO)c2Cl)C1. The summed E-state index contributed by atoms with van der Waals surface area (Å²) >= 11 is 8.16. The number of nitrogens with one attached hydrogen (secondary N) is 1. The number of thioether (sulfide) groups is 1. The number of aliphatic hydroxyl groups is 3. The predicted octanol–water partition coefficient (Wildman–Crippen LogP) is 3.73. The van der Waals surface area contributed by atoms with Crippen molar-refractivity contribution in [3.05, 3.63) is 52.1 Å². The van der Waals surface area contributed by atoms with Gasteiger partial charge in [0.05, 0.1) is 42.2 Å². The molecule has 15 heteroatoms. The van der Waals surface area contributed by atoms with Crippen LogP contribution in [0.2, 0.25) is 5.02 Å². The van der Waals surface area contributed by atoms with E-state index < -0.39 is 72.1 Å². The second-order valence-corrected chi connectivity index (χ2v) is 16.5. The molecule has 288 valence electrons. The number of hydrogen-bond acceptors (Lipinski definition) is 11. The molecule has 3 amide bonds. The van der Waals surface area contributed by atoms with Gasteiger partial charge in [-0.15, -0.1) is 11.8 Å². The minimum Gasteiger partial charge on any atom is -0.457 e. The first kappa shape index (κ1) is 41.6. The molecule has 1 aromatic rings. The molecular weight excluding hydrogens is 714 g/mol. The summed E-state index contributed by atoms with van der Waals surface area (Å²) in [6.07, 6.45) is 1.50. The molecule has 0 saturated carbocycles. The first-order valence-electron chi connectivity index (χ1n) is 17.4. The summed E-state index contributed by atoms with van der Waals surface area (Å²) < 4.78 is 17.9. The van der Waals surface area contributed by atoms with Crippen molar-refractivity contribution in [1.82, 2.24) is 10.2 Å². The van der Waals surface area contributed by atoms with Crippen LogP contribution in [0.25, 0.3) is 0 Å². The molecule has 4 rings (SSSR count). The number of alkyl carbamates (subject to hydrolysis) is 1. The Morgan fingerprint density at radius 3 is 2.56 bits per heavy atom. The van der Waals surface area contributed by atoms with Gasteiger partial charge in [-0.05, 0) is 49.6 Å². The minimum atomic E-state index is -1.86. The lowest BCUT2D eigenvalue weighted by molar-refractivity contribution is -0.161. The van der Waals surface area contributed by atoms with E-state index in [4.69, 9.17) is 25.8 Å². The van der Waals surface area contributed by atoms with Gasteiger partial charge in [0.25, 0.3) is 0 Å². The highest BCUT2D eigenvalue weighted by Crippen LogP contribution is 2.49. The molecule has 3 heterocycles. The van der Waals surface area contributed by atoms with E-state index in [-0.39, 0.29) is 41.4 Å². The number of carbonyl (C=O) groups excluding carboxylic acids is 4. The number of benzene rings is 1. The maximum Gasteiger partial charge on any atom is 0.409 e. The number of epoxide rings is 1. The number of carbonyl (C=O) groups is 4. The molecule has 4 N–H and O–H groups in total. The second kappa shape index (κ2) is 16.9. The molecule has 3 aliphatic rings. The van der Waals surface area contributed by atoms with Crippen LogP contribution in [0.4, 0.5) is 10.5 Å². The summed E-state index contributed by atoms with van der Waals surface area (Å²) in [5.74, 6) is -2.73. The molecule has 2 fully saturated rings. The Hall–Kier alpha value is -3.14. The zero-order chi connectivity index (χ0) is 38.7. The molecule has 1 aromatic carbocycles. The highest BCUT2D eigenvalue weighted by molar-refractivity contribution is 8.00. The molecule has 0 aromatic heterocycles. The third-order valence-corrected chi connectivity index (χ3v) is 11.8. The van der Waals surface area contributed by atoms with Gasteiger partial charge in [0.2, 0.25) is 11.8 Å². The van der Waals surface area contributed by atoms with E-state index in [2.05, 4.69) is 5.32 Å². The summed E-state index contributed by atoms with van der Waals surface area (Å²) in [7, 11) is 3.07. The van der Waals surface area contributed by atoms with Crippen molar-refractivity contribution >= 4 is 52.9 Å². The number of likely N-dealkylation sites (N-methyl/N-ethyl adjacent to an activating group) is 1. The third kappa shape index (κ3) is 9.31. The monoisotopic (exact) mass is 765 g/mol. The number of hydrogen-bond donors (Lipinski definition) is 4. The van der Waals surface area contributed by atoms with Crippen molar-refractivity contribution in [3.63, 3.8) is 0 Å². The fourth-order valence-corrected chi connectivity index (χ4v) is 7.62. The zero-order valence-electron chi connectivity index (χ0n) is 31.1.